The number of ether oxygens (including phenoxy) is 1. The molecule has 0 saturated carbocycles. The van der Waals surface area contributed by atoms with E-state index in [1.165, 1.54) is 44.1 Å². The van der Waals surface area contributed by atoms with Gasteiger partial charge < -0.3 is 4.74 Å². The van der Waals surface area contributed by atoms with Crippen LogP contribution in [0.25, 0.3) is 0 Å². The Morgan fingerprint density at radius 2 is 1.87 bits per heavy atom. The van der Waals surface area contributed by atoms with Crippen LogP contribution < -0.4 is 4.74 Å². The van der Waals surface area contributed by atoms with Crippen molar-refractivity contribution in [1.82, 2.24) is 0 Å². The van der Waals surface area contributed by atoms with Crippen molar-refractivity contribution in [3.05, 3.63) is 41.5 Å². The van der Waals surface area contributed by atoms with E-state index < -0.39 is 0 Å². The molecule has 0 spiro atoms. The van der Waals surface area contributed by atoms with Gasteiger partial charge in [-0.25, -0.2) is 0 Å². The first-order chi connectivity index (χ1) is 11.3. The maximum atomic E-state index is 5.60. The Labute approximate surface area is 142 Å². The third-order valence-corrected chi connectivity index (χ3v) is 4.43. The maximum absolute atomic E-state index is 5.60. The van der Waals surface area contributed by atoms with Crippen LogP contribution in [-0.2, 0) is 0 Å². The molecule has 1 aliphatic rings. The fourth-order valence-electron chi connectivity index (χ4n) is 2.95. The first-order valence-electron chi connectivity index (χ1n) is 9.25. The lowest BCUT2D eigenvalue weighted by atomic mass is 9.86. The van der Waals surface area contributed by atoms with E-state index in [2.05, 4.69) is 43.9 Å². The van der Waals surface area contributed by atoms with Gasteiger partial charge in [0, 0.05) is 5.56 Å². The largest absolute Gasteiger partial charge is 0.494 e. The monoisotopic (exact) mass is 310 g/mol. The van der Waals surface area contributed by atoms with Crippen molar-refractivity contribution >= 4 is 0 Å². The lowest BCUT2D eigenvalue weighted by molar-refractivity contribution is 0.317. The predicted octanol–water partition coefficient (Wildman–Crippen LogP) is 6.13. The number of hydrogen-bond donors (Lipinski definition) is 0. The van der Waals surface area contributed by atoms with Gasteiger partial charge in [0.15, 0.2) is 0 Å². The predicted molar refractivity (Wildman–Crippen MR) is 98.7 cm³/mol. The fourth-order valence-corrected chi connectivity index (χ4v) is 2.95. The van der Waals surface area contributed by atoms with Gasteiger partial charge in [-0.1, -0.05) is 57.4 Å². The number of allylic oxidation sites excluding steroid dienone is 2. The molecule has 0 aliphatic heterocycles. The van der Waals surface area contributed by atoms with Crippen LogP contribution in [0.1, 0.15) is 70.8 Å². The van der Waals surface area contributed by atoms with Gasteiger partial charge in [-0.05, 0) is 61.4 Å². The second kappa shape index (κ2) is 10.2. The molecule has 1 heteroatoms. The summed E-state index contributed by atoms with van der Waals surface area (Å²) >= 11 is 0. The Balaban J connectivity index is 1.82. The smallest absolute Gasteiger partial charge is 0.119 e. The lowest BCUT2D eigenvalue weighted by Crippen LogP contribution is -2.05. The Bertz CT molecular complexity index is 542. The normalized spacial score (nSPS) is 17.1. The molecule has 1 nitrogen and oxygen atoms in total. The third kappa shape index (κ3) is 6.53. The minimum atomic E-state index is 0.775. The van der Waals surface area contributed by atoms with E-state index in [0.717, 1.165) is 36.7 Å². The average Bonchev–Trinajstić information content (AvgIpc) is 2.60. The summed E-state index contributed by atoms with van der Waals surface area (Å²) in [5, 5.41) is 0. The molecule has 1 aliphatic carbocycles. The Morgan fingerprint density at radius 3 is 2.52 bits per heavy atom. The third-order valence-electron chi connectivity index (χ3n) is 4.43. The molecule has 1 unspecified atom stereocenters. The molecule has 1 aromatic rings. The van der Waals surface area contributed by atoms with Crippen molar-refractivity contribution in [2.24, 2.45) is 5.92 Å². The minimum absolute atomic E-state index is 0.775. The van der Waals surface area contributed by atoms with Gasteiger partial charge in [0.1, 0.15) is 5.75 Å². The van der Waals surface area contributed by atoms with Crippen LogP contribution in [0.4, 0.5) is 0 Å². The molecule has 0 saturated heterocycles. The summed E-state index contributed by atoms with van der Waals surface area (Å²) in [6, 6.07) is 8.13. The molecule has 0 heterocycles. The number of rotatable bonds is 7. The van der Waals surface area contributed by atoms with Crippen LogP contribution >= 0.6 is 0 Å². The summed E-state index contributed by atoms with van der Waals surface area (Å²) in [4.78, 5) is 0. The van der Waals surface area contributed by atoms with Gasteiger partial charge in [0.25, 0.3) is 0 Å². The second-order valence-electron chi connectivity index (χ2n) is 6.49. The summed E-state index contributed by atoms with van der Waals surface area (Å²) in [5.41, 5.74) is 2.39. The van der Waals surface area contributed by atoms with Crippen LogP contribution in [0.15, 0.2) is 35.9 Å². The molecule has 1 atom stereocenters. The molecule has 0 bridgehead atoms. The molecule has 124 valence electrons. The molecule has 1 aromatic carbocycles. The topological polar surface area (TPSA) is 9.23 Å². The van der Waals surface area contributed by atoms with Crippen molar-refractivity contribution in [1.29, 1.82) is 0 Å². The maximum Gasteiger partial charge on any atom is 0.119 e. The van der Waals surface area contributed by atoms with Crippen molar-refractivity contribution < 1.29 is 4.74 Å². The highest BCUT2D eigenvalue weighted by molar-refractivity contribution is 5.43. The van der Waals surface area contributed by atoms with E-state index in [1.54, 1.807) is 0 Å². The van der Waals surface area contributed by atoms with Crippen LogP contribution in [0.3, 0.4) is 0 Å². The van der Waals surface area contributed by atoms with Gasteiger partial charge >= 0.3 is 0 Å². The zero-order valence-corrected chi connectivity index (χ0v) is 14.7. The van der Waals surface area contributed by atoms with E-state index in [1.807, 2.05) is 12.1 Å². The molecular weight excluding hydrogens is 280 g/mol. The van der Waals surface area contributed by atoms with E-state index in [-0.39, 0.29) is 0 Å². The standard InChI is InChI=1S/C22H30O/c1-3-5-6-7-19-8-10-20(11-9-19)12-13-21-14-16-22(17-15-21)23-18-4-2/h10,14-17,19H,3-9,11,18H2,1-2H3. The van der Waals surface area contributed by atoms with Gasteiger partial charge in [-0.15, -0.1) is 0 Å². The van der Waals surface area contributed by atoms with Gasteiger partial charge in [0.05, 0.1) is 6.61 Å². The summed E-state index contributed by atoms with van der Waals surface area (Å²) in [5.74, 6) is 8.47. The lowest BCUT2D eigenvalue weighted by Gasteiger charge is -2.19. The highest BCUT2D eigenvalue weighted by Crippen LogP contribution is 2.27. The molecule has 0 aromatic heterocycles. The second-order valence-corrected chi connectivity index (χ2v) is 6.49. The number of hydrogen-bond acceptors (Lipinski definition) is 1. The Hall–Kier alpha value is -1.68. The van der Waals surface area contributed by atoms with E-state index in [4.69, 9.17) is 4.74 Å². The SMILES string of the molecule is CCCCCC1CC=C(C#Cc2ccc(OCCC)cc2)CC1. The highest BCUT2D eigenvalue weighted by atomic mass is 16.5. The zero-order valence-electron chi connectivity index (χ0n) is 14.7. The van der Waals surface area contributed by atoms with E-state index in [9.17, 15) is 0 Å². The minimum Gasteiger partial charge on any atom is -0.494 e. The van der Waals surface area contributed by atoms with Crippen LogP contribution in [0.2, 0.25) is 0 Å². The fraction of sp³-hybridized carbons (Fsp3) is 0.545. The van der Waals surface area contributed by atoms with Crippen molar-refractivity contribution in [3.8, 4) is 17.6 Å². The van der Waals surface area contributed by atoms with Gasteiger partial charge in [-0.2, -0.15) is 0 Å². The molecule has 2 rings (SSSR count). The summed E-state index contributed by atoms with van der Waals surface area (Å²) in [6.45, 7) is 5.17. The first-order valence-corrected chi connectivity index (χ1v) is 9.25. The number of unbranched alkanes of at least 4 members (excludes halogenated alkanes) is 2. The Morgan fingerprint density at radius 1 is 1.04 bits per heavy atom. The molecular formula is C22H30O. The summed E-state index contributed by atoms with van der Waals surface area (Å²) in [6.07, 6.45) is 12.6. The molecule has 0 amide bonds. The zero-order chi connectivity index (χ0) is 16.3. The quantitative estimate of drug-likeness (QED) is 0.434. The van der Waals surface area contributed by atoms with Crippen LogP contribution in [0, 0.1) is 17.8 Å². The van der Waals surface area contributed by atoms with Gasteiger partial charge in [0.2, 0.25) is 0 Å². The van der Waals surface area contributed by atoms with Crippen molar-refractivity contribution in [2.45, 2.75) is 65.2 Å². The van der Waals surface area contributed by atoms with Crippen LogP contribution in [0.5, 0.6) is 5.75 Å². The van der Waals surface area contributed by atoms with Crippen molar-refractivity contribution in [2.75, 3.05) is 6.61 Å². The highest BCUT2D eigenvalue weighted by Gasteiger charge is 2.12. The van der Waals surface area contributed by atoms with Gasteiger partial charge in [-0.3, -0.25) is 0 Å². The molecule has 0 N–H and O–H groups in total. The Kier molecular flexibility index (Phi) is 7.81. The van der Waals surface area contributed by atoms with Crippen LogP contribution in [-0.4, -0.2) is 6.61 Å². The van der Waals surface area contributed by atoms with E-state index >= 15 is 0 Å². The number of benzene rings is 1. The van der Waals surface area contributed by atoms with E-state index in [0.29, 0.717) is 0 Å². The molecule has 23 heavy (non-hydrogen) atoms. The summed E-state index contributed by atoms with van der Waals surface area (Å²) < 4.78 is 5.60. The average molecular weight is 310 g/mol. The van der Waals surface area contributed by atoms with Crippen molar-refractivity contribution in [3.63, 3.8) is 0 Å². The first kappa shape index (κ1) is 17.7. The molecule has 0 fully saturated rings. The summed E-state index contributed by atoms with van der Waals surface area (Å²) in [7, 11) is 0. The molecule has 0 radical (unpaired) electrons.